The van der Waals surface area contributed by atoms with Gasteiger partial charge in [-0.1, -0.05) is 13.0 Å². The Kier molecular flexibility index (Phi) is 8.10. The number of nitrogens with zero attached hydrogens (tertiary/aromatic N) is 1. The topological polar surface area (TPSA) is 77.9 Å². The van der Waals surface area contributed by atoms with Gasteiger partial charge in [0, 0.05) is 25.5 Å². The maximum absolute atomic E-state index is 11.2. The Morgan fingerprint density at radius 2 is 1.96 bits per heavy atom. The first-order chi connectivity index (χ1) is 11.3. The highest BCUT2D eigenvalue weighted by molar-refractivity contribution is 7.09. The number of aromatic nitrogens is 1. The Labute approximate surface area is 146 Å². The predicted molar refractivity (Wildman–Crippen MR) is 93.9 cm³/mol. The summed E-state index contributed by atoms with van der Waals surface area (Å²) in [4.78, 5) is 15.7. The number of carboxylic acid groups (broad SMARTS) is 1. The molecular formula is C17H25NO5S. The molecule has 1 rings (SSSR count). The third-order valence-corrected chi connectivity index (χ3v) is 4.81. The van der Waals surface area contributed by atoms with Gasteiger partial charge >= 0.3 is 5.97 Å². The first kappa shape index (κ1) is 20.3. The van der Waals surface area contributed by atoms with Gasteiger partial charge in [0.05, 0.1) is 24.5 Å². The molecule has 0 aromatic carbocycles. The van der Waals surface area contributed by atoms with Crippen molar-refractivity contribution in [3.63, 3.8) is 0 Å². The lowest BCUT2D eigenvalue weighted by Crippen LogP contribution is -2.23. The number of carbonyl (C=O) groups is 1. The Hall–Kier alpha value is -1.70. The van der Waals surface area contributed by atoms with Crippen LogP contribution in [0.4, 0.5) is 0 Å². The lowest BCUT2D eigenvalue weighted by Gasteiger charge is -2.22. The third kappa shape index (κ3) is 5.15. The molecule has 24 heavy (non-hydrogen) atoms. The van der Waals surface area contributed by atoms with Crippen LogP contribution in [-0.2, 0) is 19.0 Å². The third-order valence-electron chi connectivity index (χ3n) is 3.79. The molecule has 1 aromatic heterocycles. The highest BCUT2D eigenvalue weighted by Crippen LogP contribution is 2.24. The molecule has 0 spiro atoms. The van der Waals surface area contributed by atoms with E-state index < -0.39 is 5.97 Å². The fourth-order valence-electron chi connectivity index (χ4n) is 2.24. The van der Waals surface area contributed by atoms with Crippen LogP contribution in [0.25, 0.3) is 6.08 Å². The maximum atomic E-state index is 11.2. The van der Waals surface area contributed by atoms with Gasteiger partial charge in [0.1, 0.15) is 16.9 Å². The second-order valence-corrected chi connectivity index (χ2v) is 6.22. The smallest absolute Gasteiger partial charge is 0.334 e. The summed E-state index contributed by atoms with van der Waals surface area (Å²) >= 11 is 1.53. The van der Waals surface area contributed by atoms with Gasteiger partial charge in [-0.15, -0.1) is 11.3 Å². The van der Waals surface area contributed by atoms with Gasteiger partial charge < -0.3 is 19.3 Å². The molecule has 0 radical (unpaired) electrons. The molecule has 6 nitrogen and oxygen atoms in total. The van der Waals surface area contributed by atoms with Gasteiger partial charge in [-0.3, -0.25) is 0 Å². The normalized spacial score (nSPS) is 16.6. The Morgan fingerprint density at radius 1 is 1.29 bits per heavy atom. The first-order valence-corrected chi connectivity index (χ1v) is 8.40. The van der Waals surface area contributed by atoms with E-state index in [2.05, 4.69) is 4.98 Å². The van der Waals surface area contributed by atoms with Crippen molar-refractivity contribution in [2.24, 2.45) is 5.92 Å². The monoisotopic (exact) mass is 355 g/mol. The van der Waals surface area contributed by atoms with Crippen LogP contribution >= 0.6 is 11.3 Å². The van der Waals surface area contributed by atoms with Crippen molar-refractivity contribution in [3.8, 4) is 0 Å². The maximum Gasteiger partial charge on any atom is 0.334 e. The van der Waals surface area contributed by atoms with E-state index in [-0.39, 0.29) is 23.7 Å². The molecule has 3 atom stereocenters. The van der Waals surface area contributed by atoms with Crippen LogP contribution in [0.2, 0.25) is 0 Å². The Bertz CT molecular complexity index is 608. The molecule has 0 saturated carbocycles. The van der Waals surface area contributed by atoms with E-state index in [0.29, 0.717) is 5.76 Å². The van der Waals surface area contributed by atoms with Crippen LogP contribution < -0.4 is 0 Å². The van der Waals surface area contributed by atoms with Crippen LogP contribution in [0.5, 0.6) is 0 Å². The number of aliphatic carboxylic acids is 1. The highest BCUT2D eigenvalue weighted by atomic mass is 32.1. The molecule has 134 valence electrons. The van der Waals surface area contributed by atoms with Gasteiger partial charge in [0.25, 0.3) is 0 Å². The quantitative estimate of drug-likeness (QED) is 0.539. The summed E-state index contributed by atoms with van der Waals surface area (Å²) in [5.41, 5.74) is 0.983. The van der Waals surface area contributed by atoms with E-state index in [0.717, 1.165) is 10.7 Å². The van der Waals surface area contributed by atoms with Crippen molar-refractivity contribution in [2.75, 3.05) is 21.3 Å². The predicted octanol–water partition coefficient (Wildman–Crippen LogP) is 3.52. The summed E-state index contributed by atoms with van der Waals surface area (Å²) in [7, 11) is 4.69. The molecule has 3 unspecified atom stereocenters. The second-order valence-electron chi connectivity index (χ2n) is 5.34. The standard InChI is InChI=1S/C17H25NO5S/c1-10(15(23-6)11(2)17(19)20)14(22-5)8-7-13-9-24-16(18-13)12(3)21-4/h7-10,12,14H,1-6H3,(H,19,20). The minimum absolute atomic E-state index is 0.0458. The molecule has 0 aliphatic rings. The van der Waals surface area contributed by atoms with E-state index in [1.54, 1.807) is 14.2 Å². The lowest BCUT2D eigenvalue weighted by atomic mass is 9.98. The fourth-order valence-corrected chi connectivity index (χ4v) is 3.06. The molecule has 0 bridgehead atoms. The number of methoxy groups -OCH3 is 3. The average molecular weight is 355 g/mol. The Balaban J connectivity index is 2.95. The van der Waals surface area contributed by atoms with E-state index in [4.69, 9.17) is 19.3 Å². The number of hydrogen-bond donors (Lipinski definition) is 1. The van der Waals surface area contributed by atoms with E-state index in [9.17, 15) is 4.79 Å². The number of carboxylic acids is 1. The van der Waals surface area contributed by atoms with Crippen molar-refractivity contribution in [1.82, 2.24) is 4.98 Å². The average Bonchev–Trinajstić information content (AvgIpc) is 3.04. The summed E-state index contributed by atoms with van der Waals surface area (Å²) in [6, 6.07) is 0. The lowest BCUT2D eigenvalue weighted by molar-refractivity contribution is -0.132. The van der Waals surface area contributed by atoms with Gasteiger partial charge in [-0.25, -0.2) is 9.78 Å². The van der Waals surface area contributed by atoms with Gasteiger partial charge in [0.15, 0.2) is 0 Å². The van der Waals surface area contributed by atoms with Crippen LogP contribution in [0, 0.1) is 5.92 Å². The molecule has 0 aliphatic carbocycles. The molecule has 0 amide bonds. The minimum Gasteiger partial charge on any atom is -0.500 e. The van der Waals surface area contributed by atoms with Crippen LogP contribution in [0.1, 0.15) is 37.6 Å². The largest absolute Gasteiger partial charge is 0.500 e. The fraction of sp³-hybridized carbons (Fsp3) is 0.529. The zero-order chi connectivity index (χ0) is 18.3. The number of rotatable bonds is 9. The van der Waals surface area contributed by atoms with Crippen LogP contribution in [0.15, 0.2) is 22.8 Å². The minimum atomic E-state index is -1.00. The second kappa shape index (κ2) is 9.56. The van der Waals surface area contributed by atoms with Crippen LogP contribution in [-0.4, -0.2) is 43.5 Å². The van der Waals surface area contributed by atoms with Gasteiger partial charge in [0.2, 0.25) is 0 Å². The molecule has 1 heterocycles. The molecule has 0 saturated heterocycles. The number of ether oxygens (including phenoxy) is 3. The van der Waals surface area contributed by atoms with Gasteiger partial charge in [-0.2, -0.15) is 0 Å². The van der Waals surface area contributed by atoms with Crippen molar-refractivity contribution in [3.05, 3.63) is 33.5 Å². The summed E-state index contributed by atoms with van der Waals surface area (Å²) < 4.78 is 16.0. The number of thiazole rings is 1. The summed E-state index contributed by atoms with van der Waals surface area (Å²) in [6.45, 7) is 5.33. The zero-order valence-corrected chi connectivity index (χ0v) is 15.7. The van der Waals surface area contributed by atoms with E-state index in [1.165, 1.54) is 25.4 Å². The van der Waals surface area contributed by atoms with Crippen molar-refractivity contribution in [2.45, 2.75) is 33.0 Å². The van der Waals surface area contributed by atoms with Crippen LogP contribution in [0.3, 0.4) is 0 Å². The molecule has 7 heteroatoms. The Morgan fingerprint density at radius 3 is 2.46 bits per heavy atom. The summed E-state index contributed by atoms with van der Waals surface area (Å²) in [5, 5.41) is 12.0. The van der Waals surface area contributed by atoms with Gasteiger partial charge in [-0.05, 0) is 19.9 Å². The summed E-state index contributed by atoms with van der Waals surface area (Å²) in [5.74, 6) is -0.857. The van der Waals surface area contributed by atoms with Crippen molar-refractivity contribution >= 4 is 23.4 Å². The molecular weight excluding hydrogens is 330 g/mol. The van der Waals surface area contributed by atoms with Crippen molar-refractivity contribution in [1.29, 1.82) is 0 Å². The highest BCUT2D eigenvalue weighted by Gasteiger charge is 2.23. The molecule has 0 fully saturated rings. The molecule has 0 aliphatic heterocycles. The van der Waals surface area contributed by atoms with E-state index in [1.807, 2.05) is 31.4 Å². The SMILES string of the molecule is COC(=C(C)C(=O)O)C(C)C(C=Cc1csc(C(C)OC)n1)OC. The summed E-state index contributed by atoms with van der Waals surface area (Å²) in [6.07, 6.45) is 3.33. The number of hydrogen-bond acceptors (Lipinski definition) is 6. The molecule has 1 N–H and O–H groups in total. The first-order valence-electron chi connectivity index (χ1n) is 7.52. The zero-order valence-electron chi connectivity index (χ0n) is 14.9. The molecule has 1 aromatic rings. The van der Waals surface area contributed by atoms with Crippen molar-refractivity contribution < 1.29 is 24.1 Å². The van der Waals surface area contributed by atoms with E-state index >= 15 is 0 Å².